The van der Waals surface area contributed by atoms with Crippen LogP contribution in [0.15, 0.2) is 18.2 Å². The van der Waals surface area contributed by atoms with Gasteiger partial charge in [-0.15, -0.1) is 0 Å². The fourth-order valence-electron chi connectivity index (χ4n) is 1.10. The summed E-state index contributed by atoms with van der Waals surface area (Å²) >= 11 is 5.74. The molecule has 0 aromatic carbocycles. The summed E-state index contributed by atoms with van der Waals surface area (Å²) in [6.45, 7) is 4.17. The summed E-state index contributed by atoms with van der Waals surface area (Å²) in [5.41, 5.74) is 0. The zero-order valence-corrected chi connectivity index (χ0v) is 9.12. The predicted molar refractivity (Wildman–Crippen MR) is 58.6 cm³/mol. The first kappa shape index (κ1) is 11.3. The molecule has 78 valence electrons. The van der Waals surface area contributed by atoms with E-state index >= 15 is 0 Å². The number of halogens is 1. The number of aliphatic hydroxyl groups is 1. The van der Waals surface area contributed by atoms with Gasteiger partial charge in [0.05, 0.1) is 12.6 Å². The average molecular weight is 215 g/mol. The molecule has 0 aliphatic heterocycles. The summed E-state index contributed by atoms with van der Waals surface area (Å²) in [5.74, 6) is 1.05. The minimum atomic E-state index is 0.0148. The van der Waals surface area contributed by atoms with E-state index in [0.717, 1.165) is 0 Å². The summed E-state index contributed by atoms with van der Waals surface area (Å²) in [6, 6.07) is 5.39. The molecule has 0 fully saturated rings. The van der Waals surface area contributed by atoms with Crippen LogP contribution in [0.25, 0.3) is 0 Å². The number of anilines is 1. The highest BCUT2D eigenvalue weighted by atomic mass is 35.5. The Morgan fingerprint density at radius 1 is 1.50 bits per heavy atom. The van der Waals surface area contributed by atoms with Crippen molar-refractivity contribution in [2.75, 3.05) is 11.9 Å². The molecule has 1 aromatic heterocycles. The number of nitrogens with zero attached hydrogens (tertiary/aromatic N) is 1. The van der Waals surface area contributed by atoms with Crippen molar-refractivity contribution in [2.45, 2.75) is 19.9 Å². The zero-order valence-electron chi connectivity index (χ0n) is 8.37. The highest BCUT2D eigenvalue weighted by Gasteiger charge is 2.11. The lowest BCUT2D eigenvalue weighted by Crippen LogP contribution is -2.29. The lowest BCUT2D eigenvalue weighted by Gasteiger charge is -2.20. The molecule has 1 unspecified atom stereocenters. The van der Waals surface area contributed by atoms with E-state index in [1.165, 1.54) is 0 Å². The van der Waals surface area contributed by atoms with Crippen LogP contribution in [0, 0.1) is 5.92 Å². The van der Waals surface area contributed by atoms with Crippen LogP contribution in [0.3, 0.4) is 0 Å². The number of aromatic nitrogens is 1. The van der Waals surface area contributed by atoms with E-state index in [1.54, 1.807) is 6.07 Å². The highest BCUT2D eigenvalue weighted by Crippen LogP contribution is 2.12. The fraction of sp³-hybridized carbons (Fsp3) is 0.500. The number of nitrogens with one attached hydrogen (secondary N) is 1. The van der Waals surface area contributed by atoms with E-state index in [9.17, 15) is 0 Å². The van der Waals surface area contributed by atoms with Gasteiger partial charge in [-0.2, -0.15) is 0 Å². The smallest absolute Gasteiger partial charge is 0.131 e. The monoisotopic (exact) mass is 214 g/mol. The van der Waals surface area contributed by atoms with Gasteiger partial charge in [0.15, 0.2) is 0 Å². The van der Waals surface area contributed by atoms with Crippen molar-refractivity contribution in [3.05, 3.63) is 23.4 Å². The van der Waals surface area contributed by atoms with Crippen LogP contribution in [0.2, 0.25) is 5.15 Å². The van der Waals surface area contributed by atoms with Crippen molar-refractivity contribution < 1.29 is 5.11 Å². The molecule has 1 heterocycles. The molecule has 0 spiro atoms. The van der Waals surface area contributed by atoms with Crippen LogP contribution in [-0.4, -0.2) is 22.7 Å². The molecule has 0 radical (unpaired) electrons. The second-order valence-electron chi connectivity index (χ2n) is 3.52. The van der Waals surface area contributed by atoms with Gasteiger partial charge < -0.3 is 10.4 Å². The van der Waals surface area contributed by atoms with Crippen LogP contribution in [-0.2, 0) is 0 Å². The number of hydrogen-bond acceptors (Lipinski definition) is 3. The van der Waals surface area contributed by atoms with Crippen molar-refractivity contribution in [3.63, 3.8) is 0 Å². The first-order valence-corrected chi connectivity index (χ1v) is 5.01. The summed E-state index contributed by atoms with van der Waals surface area (Å²) in [6.07, 6.45) is 0. The highest BCUT2D eigenvalue weighted by molar-refractivity contribution is 6.29. The molecule has 0 saturated heterocycles. The van der Waals surface area contributed by atoms with Gasteiger partial charge in [0, 0.05) is 0 Å². The van der Waals surface area contributed by atoms with Gasteiger partial charge in [-0.05, 0) is 18.1 Å². The van der Waals surface area contributed by atoms with Crippen LogP contribution in [0.1, 0.15) is 13.8 Å². The standard InChI is InChI=1S/C10H15ClN2O/c1-7(2)8(6-14)12-10-5-3-4-9(11)13-10/h3-5,7-8,14H,6H2,1-2H3,(H,12,13). The molecule has 1 rings (SSSR count). The summed E-state index contributed by atoms with van der Waals surface area (Å²) < 4.78 is 0. The molecule has 14 heavy (non-hydrogen) atoms. The Kier molecular flexibility index (Phi) is 4.17. The Bertz CT molecular complexity index is 291. The Balaban J connectivity index is 2.67. The van der Waals surface area contributed by atoms with Crippen molar-refractivity contribution >= 4 is 17.4 Å². The van der Waals surface area contributed by atoms with Crippen LogP contribution >= 0.6 is 11.6 Å². The molecular formula is C10H15ClN2O. The van der Waals surface area contributed by atoms with E-state index in [-0.39, 0.29) is 12.6 Å². The van der Waals surface area contributed by atoms with Gasteiger partial charge >= 0.3 is 0 Å². The topological polar surface area (TPSA) is 45.1 Å². The van der Waals surface area contributed by atoms with Crippen molar-refractivity contribution in [1.82, 2.24) is 4.98 Å². The molecule has 0 amide bonds. The van der Waals surface area contributed by atoms with E-state index in [4.69, 9.17) is 16.7 Å². The van der Waals surface area contributed by atoms with Gasteiger partial charge in [-0.1, -0.05) is 31.5 Å². The maximum absolute atomic E-state index is 9.10. The maximum atomic E-state index is 9.10. The number of rotatable bonds is 4. The summed E-state index contributed by atoms with van der Waals surface area (Å²) in [5, 5.41) is 12.7. The molecule has 0 aliphatic carbocycles. The third-order valence-corrected chi connectivity index (χ3v) is 2.26. The van der Waals surface area contributed by atoms with E-state index in [2.05, 4.69) is 10.3 Å². The van der Waals surface area contributed by atoms with Gasteiger partial charge in [0.2, 0.25) is 0 Å². The Morgan fingerprint density at radius 3 is 2.71 bits per heavy atom. The molecule has 1 atom stereocenters. The Morgan fingerprint density at radius 2 is 2.21 bits per heavy atom. The second-order valence-corrected chi connectivity index (χ2v) is 3.91. The Labute approximate surface area is 89.1 Å². The number of pyridine rings is 1. The van der Waals surface area contributed by atoms with Gasteiger partial charge in [-0.3, -0.25) is 0 Å². The summed E-state index contributed by atoms with van der Waals surface area (Å²) in [7, 11) is 0. The van der Waals surface area contributed by atoms with Gasteiger partial charge in [0.25, 0.3) is 0 Å². The number of hydrogen-bond donors (Lipinski definition) is 2. The predicted octanol–water partition coefficient (Wildman–Crippen LogP) is 2.16. The third-order valence-electron chi connectivity index (χ3n) is 2.05. The van der Waals surface area contributed by atoms with Crippen molar-refractivity contribution in [3.8, 4) is 0 Å². The van der Waals surface area contributed by atoms with Gasteiger partial charge in [0.1, 0.15) is 11.0 Å². The Hall–Kier alpha value is -0.800. The average Bonchev–Trinajstić information content (AvgIpc) is 2.14. The summed E-state index contributed by atoms with van der Waals surface area (Å²) in [4.78, 5) is 4.09. The molecule has 4 heteroatoms. The molecule has 3 nitrogen and oxygen atoms in total. The first-order chi connectivity index (χ1) is 6.63. The minimum Gasteiger partial charge on any atom is -0.394 e. The molecule has 0 aliphatic rings. The van der Waals surface area contributed by atoms with Crippen LogP contribution < -0.4 is 5.32 Å². The lowest BCUT2D eigenvalue weighted by atomic mass is 10.1. The zero-order chi connectivity index (χ0) is 10.6. The van der Waals surface area contributed by atoms with E-state index in [1.807, 2.05) is 26.0 Å². The maximum Gasteiger partial charge on any atom is 0.131 e. The molecule has 0 bridgehead atoms. The normalized spacial score (nSPS) is 12.9. The first-order valence-electron chi connectivity index (χ1n) is 4.63. The third kappa shape index (κ3) is 3.16. The lowest BCUT2D eigenvalue weighted by molar-refractivity contribution is 0.249. The van der Waals surface area contributed by atoms with E-state index < -0.39 is 0 Å². The molecular weight excluding hydrogens is 200 g/mol. The second kappa shape index (κ2) is 5.17. The van der Waals surface area contributed by atoms with Crippen molar-refractivity contribution in [1.29, 1.82) is 0 Å². The quantitative estimate of drug-likeness (QED) is 0.756. The van der Waals surface area contributed by atoms with Crippen LogP contribution in [0.4, 0.5) is 5.82 Å². The molecule has 1 aromatic rings. The van der Waals surface area contributed by atoms with Crippen LogP contribution in [0.5, 0.6) is 0 Å². The molecule has 0 saturated carbocycles. The van der Waals surface area contributed by atoms with Crippen molar-refractivity contribution in [2.24, 2.45) is 5.92 Å². The molecule has 2 N–H and O–H groups in total. The number of aliphatic hydroxyl groups excluding tert-OH is 1. The van der Waals surface area contributed by atoms with Gasteiger partial charge in [-0.25, -0.2) is 4.98 Å². The van der Waals surface area contributed by atoms with E-state index in [0.29, 0.717) is 16.9 Å². The largest absolute Gasteiger partial charge is 0.394 e. The fourth-order valence-corrected chi connectivity index (χ4v) is 1.27. The SMILES string of the molecule is CC(C)C(CO)Nc1cccc(Cl)n1. The minimum absolute atomic E-state index is 0.0148.